The molecule has 0 spiro atoms. The average molecular weight is 357 g/mol. The van der Waals surface area contributed by atoms with Crippen LogP contribution in [0.5, 0.6) is 5.75 Å². The topological polar surface area (TPSA) is 65.9 Å². The lowest BCUT2D eigenvalue weighted by molar-refractivity contribution is 0.182. The fourth-order valence-corrected chi connectivity index (χ4v) is 3.00. The zero-order chi connectivity index (χ0) is 18.4. The van der Waals surface area contributed by atoms with Crippen LogP contribution in [0.15, 0.2) is 53.5 Å². The van der Waals surface area contributed by atoms with Crippen LogP contribution in [-0.2, 0) is 0 Å². The average Bonchev–Trinajstić information content (AvgIpc) is 2.66. The molecule has 3 N–H and O–H groups in total. The number of rotatable bonds is 5. The first-order chi connectivity index (χ1) is 12.7. The molecule has 0 aliphatic carbocycles. The summed E-state index contributed by atoms with van der Waals surface area (Å²) in [6.07, 6.45) is -0.175. The molecule has 1 aliphatic heterocycles. The van der Waals surface area contributed by atoms with Crippen molar-refractivity contribution in [2.75, 3.05) is 19.7 Å². The number of hydrogen-bond acceptors (Lipinski definition) is 3. The number of aliphatic hydroxyl groups is 1. The molecule has 2 unspecified atom stereocenters. The third kappa shape index (κ3) is 4.32. The number of fused-ring (bicyclic) bond motifs is 1. The quantitative estimate of drug-likeness (QED) is 0.569. The third-order valence-electron chi connectivity index (χ3n) is 4.30. The van der Waals surface area contributed by atoms with Gasteiger partial charge in [0.15, 0.2) is 5.96 Å². The molecular formula is C20H24FN3O2. The summed E-state index contributed by atoms with van der Waals surface area (Å²) in [6, 6.07) is 14.2. The molecule has 3 rings (SSSR count). The second kappa shape index (κ2) is 8.67. The molecule has 0 saturated heterocycles. The van der Waals surface area contributed by atoms with Gasteiger partial charge in [0.2, 0.25) is 0 Å². The van der Waals surface area contributed by atoms with Gasteiger partial charge in [-0.1, -0.05) is 36.4 Å². The standard InChI is InChI=1S/C20H24FN3O2/c1-2-22-20(23-13-18(25)14-7-3-5-9-16(14)21)24-17-11-12-26-19-10-6-4-8-15(17)19/h3-10,17-18,25H,2,11-13H2,1H3,(H2,22,23,24). The van der Waals surface area contributed by atoms with E-state index >= 15 is 0 Å². The van der Waals surface area contributed by atoms with Crippen LogP contribution in [0.25, 0.3) is 0 Å². The highest BCUT2D eigenvalue weighted by molar-refractivity contribution is 5.80. The summed E-state index contributed by atoms with van der Waals surface area (Å²) in [4.78, 5) is 4.43. The second-order valence-corrected chi connectivity index (χ2v) is 6.13. The number of nitrogens with one attached hydrogen (secondary N) is 2. The Morgan fingerprint density at radius 3 is 2.85 bits per heavy atom. The van der Waals surface area contributed by atoms with E-state index < -0.39 is 11.9 Å². The predicted molar refractivity (Wildman–Crippen MR) is 99.8 cm³/mol. The number of nitrogens with zero attached hydrogens (tertiary/aromatic N) is 1. The maximum absolute atomic E-state index is 13.8. The number of aliphatic imine (C=N–C) groups is 1. The van der Waals surface area contributed by atoms with Gasteiger partial charge in [-0.2, -0.15) is 0 Å². The Labute approximate surface area is 152 Å². The minimum atomic E-state index is -0.992. The van der Waals surface area contributed by atoms with Gasteiger partial charge in [-0.15, -0.1) is 0 Å². The summed E-state index contributed by atoms with van der Waals surface area (Å²) in [5.41, 5.74) is 1.34. The van der Waals surface area contributed by atoms with Crippen LogP contribution in [0.2, 0.25) is 0 Å². The number of aliphatic hydroxyl groups excluding tert-OH is 1. The Bertz CT molecular complexity index is 766. The highest BCUT2D eigenvalue weighted by Crippen LogP contribution is 2.31. The van der Waals surface area contributed by atoms with Crippen molar-refractivity contribution >= 4 is 5.96 Å². The monoisotopic (exact) mass is 357 g/mol. The number of hydrogen-bond donors (Lipinski definition) is 3. The fourth-order valence-electron chi connectivity index (χ4n) is 3.00. The van der Waals surface area contributed by atoms with E-state index in [1.54, 1.807) is 18.2 Å². The van der Waals surface area contributed by atoms with Crippen LogP contribution in [-0.4, -0.2) is 30.8 Å². The van der Waals surface area contributed by atoms with Gasteiger partial charge in [0.05, 0.1) is 19.2 Å². The molecular weight excluding hydrogens is 333 g/mol. The van der Waals surface area contributed by atoms with E-state index in [4.69, 9.17) is 4.74 Å². The minimum absolute atomic E-state index is 0.0706. The van der Waals surface area contributed by atoms with Gasteiger partial charge in [-0.3, -0.25) is 4.99 Å². The number of ether oxygens (including phenoxy) is 1. The van der Waals surface area contributed by atoms with Crippen molar-refractivity contribution in [3.8, 4) is 5.75 Å². The van der Waals surface area contributed by atoms with E-state index in [1.807, 2.05) is 31.2 Å². The lowest BCUT2D eigenvalue weighted by Crippen LogP contribution is -2.41. The minimum Gasteiger partial charge on any atom is -0.493 e. The van der Waals surface area contributed by atoms with E-state index in [0.717, 1.165) is 17.7 Å². The number of benzene rings is 2. The first-order valence-electron chi connectivity index (χ1n) is 8.88. The van der Waals surface area contributed by atoms with E-state index in [0.29, 0.717) is 19.1 Å². The lowest BCUT2D eigenvalue weighted by Gasteiger charge is -2.28. The van der Waals surface area contributed by atoms with Crippen molar-refractivity contribution in [2.45, 2.75) is 25.5 Å². The molecule has 2 aromatic carbocycles. The Kier molecular flexibility index (Phi) is 6.07. The fraction of sp³-hybridized carbons (Fsp3) is 0.350. The first-order valence-corrected chi connectivity index (χ1v) is 8.88. The molecule has 2 aromatic rings. The molecule has 0 saturated carbocycles. The maximum atomic E-state index is 13.8. The molecule has 0 fully saturated rings. The molecule has 26 heavy (non-hydrogen) atoms. The number of guanidine groups is 1. The van der Waals surface area contributed by atoms with Crippen LogP contribution in [0.1, 0.15) is 36.6 Å². The first kappa shape index (κ1) is 18.2. The highest BCUT2D eigenvalue weighted by Gasteiger charge is 2.22. The Morgan fingerprint density at radius 2 is 2.04 bits per heavy atom. The molecule has 1 heterocycles. The van der Waals surface area contributed by atoms with Crippen molar-refractivity contribution in [1.29, 1.82) is 0 Å². The van der Waals surface area contributed by atoms with Crippen LogP contribution in [0.3, 0.4) is 0 Å². The van der Waals surface area contributed by atoms with E-state index in [1.165, 1.54) is 6.07 Å². The molecule has 0 aromatic heterocycles. The van der Waals surface area contributed by atoms with Crippen molar-refractivity contribution in [1.82, 2.24) is 10.6 Å². The van der Waals surface area contributed by atoms with Gasteiger partial charge >= 0.3 is 0 Å². The van der Waals surface area contributed by atoms with Crippen molar-refractivity contribution in [3.63, 3.8) is 0 Å². The van der Waals surface area contributed by atoms with Gasteiger partial charge in [0.1, 0.15) is 17.7 Å². The number of para-hydroxylation sites is 1. The molecule has 0 bridgehead atoms. The van der Waals surface area contributed by atoms with E-state index in [-0.39, 0.29) is 18.2 Å². The molecule has 1 aliphatic rings. The molecule has 0 radical (unpaired) electrons. The third-order valence-corrected chi connectivity index (χ3v) is 4.30. The molecule has 138 valence electrons. The van der Waals surface area contributed by atoms with Crippen molar-refractivity contribution < 1.29 is 14.2 Å². The summed E-state index contributed by atoms with van der Waals surface area (Å²) in [5, 5.41) is 16.8. The second-order valence-electron chi connectivity index (χ2n) is 6.13. The Balaban J connectivity index is 1.71. The number of halogens is 1. The zero-order valence-corrected chi connectivity index (χ0v) is 14.8. The van der Waals surface area contributed by atoms with Gasteiger partial charge < -0.3 is 20.5 Å². The summed E-state index contributed by atoms with van der Waals surface area (Å²) in [5.74, 6) is 1.04. The summed E-state index contributed by atoms with van der Waals surface area (Å²) < 4.78 is 19.5. The molecule has 0 amide bonds. The maximum Gasteiger partial charge on any atom is 0.191 e. The van der Waals surface area contributed by atoms with Crippen molar-refractivity contribution in [3.05, 3.63) is 65.5 Å². The molecule has 2 atom stereocenters. The van der Waals surface area contributed by atoms with Gasteiger partial charge in [0, 0.05) is 24.1 Å². The van der Waals surface area contributed by atoms with Gasteiger partial charge in [-0.05, 0) is 19.1 Å². The smallest absolute Gasteiger partial charge is 0.191 e. The molecule has 5 nitrogen and oxygen atoms in total. The molecule has 6 heteroatoms. The van der Waals surface area contributed by atoms with E-state index in [9.17, 15) is 9.50 Å². The summed E-state index contributed by atoms with van der Waals surface area (Å²) in [7, 11) is 0. The summed E-state index contributed by atoms with van der Waals surface area (Å²) in [6.45, 7) is 3.36. The largest absolute Gasteiger partial charge is 0.493 e. The van der Waals surface area contributed by atoms with Crippen molar-refractivity contribution in [2.24, 2.45) is 4.99 Å². The van der Waals surface area contributed by atoms with Crippen LogP contribution >= 0.6 is 0 Å². The highest BCUT2D eigenvalue weighted by atomic mass is 19.1. The predicted octanol–water partition coefficient (Wildman–Crippen LogP) is 2.94. The van der Waals surface area contributed by atoms with Crippen LogP contribution < -0.4 is 15.4 Å². The van der Waals surface area contributed by atoms with Gasteiger partial charge in [0.25, 0.3) is 0 Å². The van der Waals surface area contributed by atoms with Crippen LogP contribution in [0.4, 0.5) is 4.39 Å². The zero-order valence-electron chi connectivity index (χ0n) is 14.8. The van der Waals surface area contributed by atoms with Gasteiger partial charge in [-0.25, -0.2) is 4.39 Å². The lowest BCUT2D eigenvalue weighted by atomic mass is 10.0. The Hall–Kier alpha value is -2.60. The normalized spacial score (nSPS) is 17.8. The van der Waals surface area contributed by atoms with Crippen LogP contribution in [0, 0.1) is 5.82 Å². The Morgan fingerprint density at radius 1 is 1.27 bits per heavy atom. The van der Waals surface area contributed by atoms with E-state index in [2.05, 4.69) is 15.6 Å². The SMILES string of the molecule is CCNC(=NCC(O)c1ccccc1F)NC1CCOc2ccccc21. The summed E-state index contributed by atoms with van der Waals surface area (Å²) >= 11 is 0.